The van der Waals surface area contributed by atoms with Crippen LogP contribution in [0.3, 0.4) is 0 Å². The molecule has 0 bridgehead atoms. The summed E-state index contributed by atoms with van der Waals surface area (Å²) in [4.78, 5) is 3.38. The predicted octanol–water partition coefficient (Wildman–Crippen LogP) is 3.64. The Kier molecular flexibility index (Phi) is 2.11. The highest BCUT2D eigenvalue weighted by atomic mass is 32.1. The number of aromatic nitrogens is 1. The lowest BCUT2D eigenvalue weighted by Crippen LogP contribution is -2.08. The Labute approximate surface area is 89.9 Å². The summed E-state index contributed by atoms with van der Waals surface area (Å²) in [5.74, 6) is 0. The van der Waals surface area contributed by atoms with E-state index in [0.29, 0.717) is 0 Å². The normalized spacial score (nSPS) is 12.3. The van der Waals surface area contributed by atoms with Crippen molar-refractivity contribution in [3.63, 3.8) is 0 Å². The van der Waals surface area contributed by atoms with Crippen LogP contribution in [-0.4, -0.2) is 4.98 Å². The van der Waals surface area contributed by atoms with Crippen LogP contribution >= 0.6 is 12.6 Å². The molecule has 1 aromatic heterocycles. The molecule has 0 saturated carbocycles. The van der Waals surface area contributed by atoms with Gasteiger partial charge in [0.05, 0.1) is 0 Å². The van der Waals surface area contributed by atoms with Gasteiger partial charge in [-0.1, -0.05) is 18.2 Å². The van der Waals surface area contributed by atoms with Crippen molar-refractivity contribution in [2.45, 2.75) is 25.5 Å². The minimum absolute atomic E-state index is 0.0936. The number of thiol groups is 1. The maximum absolute atomic E-state index is 4.64. The van der Waals surface area contributed by atoms with E-state index in [-0.39, 0.29) is 4.75 Å². The zero-order chi connectivity index (χ0) is 10.3. The van der Waals surface area contributed by atoms with Crippen LogP contribution < -0.4 is 0 Å². The number of H-pyrrole nitrogens is 1. The van der Waals surface area contributed by atoms with E-state index in [1.54, 1.807) is 0 Å². The van der Waals surface area contributed by atoms with Gasteiger partial charge >= 0.3 is 0 Å². The van der Waals surface area contributed by atoms with Crippen molar-refractivity contribution < 1.29 is 0 Å². The van der Waals surface area contributed by atoms with Gasteiger partial charge in [-0.2, -0.15) is 12.6 Å². The number of para-hydroxylation sites is 1. The van der Waals surface area contributed by atoms with Gasteiger partial charge in [0.25, 0.3) is 0 Å². The van der Waals surface area contributed by atoms with Gasteiger partial charge in [-0.05, 0) is 32.4 Å². The van der Waals surface area contributed by atoms with Crippen LogP contribution in [0.15, 0.2) is 24.3 Å². The van der Waals surface area contributed by atoms with E-state index >= 15 is 0 Å². The summed E-state index contributed by atoms with van der Waals surface area (Å²) >= 11 is 4.64. The summed E-state index contributed by atoms with van der Waals surface area (Å²) in [7, 11) is 0. The monoisotopic (exact) mass is 205 g/mol. The standard InChI is InChI=1S/C12H15NS/c1-8-11(12(2,3)14)9-6-4-5-7-10(9)13-8/h4-7,13-14H,1-3H3. The van der Waals surface area contributed by atoms with Gasteiger partial charge < -0.3 is 4.98 Å². The second-order valence-electron chi connectivity index (χ2n) is 4.23. The van der Waals surface area contributed by atoms with E-state index in [4.69, 9.17) is 0 Å². The molecule has 1 heterocycles. The van der Waals surface area contributed by atoms with Gasteiger partial charge in [0, 0.05) is 21.3 Å². The molecule has 14 heavy (non-hydrogen) atoms. The molecule has 0 atom stereocenters. The number of aromatic amines is 1. The second kappa shape index (κ2) is 3.06. The van der Waals surface area contributed by atoms with Gasteiger partial charge in [0.1, 0.15) is 0 Å². The maximum Gasteiger partial charge on any atom is 0.0459 e. The lowest BCUT2D eigenvalue weighted by molar-refractivity contribution is 0.790. The zero-order valence-electron chi connectivity index (χ0n) is 8.76. The topological polar surface area (TPSA) is 15.8 Å². The Balaban J connectivity index is 2.81. The van der Waals surface area contributed by atoms with Crippen LogP contribution in [0.5, 0.6) is 0 Å². The molecule has 1 aromatic carbocycles. The average Bonchev–Trinajstić information content (AvgIpc) is 2.38. The molecule has 0 fully saturated rings. The Hall–Kier alpha value is -0.890. The highest BCUT2D eigenvalue weighted by molar-refractivity contribution is 7.81. The third kappa shape index (κ3) is 1.44. The molecular weight excluding hydrogens is 190 g/mol. The molecule has 1 N–H and O–H groups in total. The fourth-order valence-electron chi connectivity index (χ4n) is 2.07. The molecule has 0 spiro atoms. The Morgan fingerprint density at radius 2 is 1.86 bits per heavy atom. The van der Waals surface area contributed by atoms with Gasteiger partial charge in [-0.25, -0.2) is 0 Å². The summed E-state index contributed by atoms with van der Waals surface area (Å²) in [6.07, 6.45) is 0. The van der Waals surface area contributed by atoms with Crippen LogP contribution in [-0.2, 0) is 4.75 Å². The SMILES string of the molecule is Cc1[nH]c2ccccc2c1C(C)(C)S. The van der Waals surface area contributed by atoms with Crippen LogP contribution in [0.25, 0.3) is 10.9 Å². The predicted molar refractivity (Wildman–Crippen MR) is 65.0 cm³/mol. The van der Waals surface area contributed by atoms with Crippen molar-refractivity contribution in [1.29, 1.82) is 0 Å². The van der Waals surface area contributed by atoms with Crippen LogP contribution in [0.1, 0.15) is 25.1 Å². The number of aryl methyl sites for hydroxylation is 1. The molecule has 2 rings (SSSR count). The van der Waals surface area contributed by atoms with Gasteiger partial charge in [-0.15, -0.1) is 0 Å². The first-order chi connectivity index (χ1) is 6.50. The quantitative estimate of drug-likeness (QED) is 0.661. The molecule has 74 valence electrons. The van der Waals surface area contributed by atoms with Crippen molar-refractivity contribution in [2.75, 3.05) is 0 Å². The molecule has 0 aliphatic carbocycles. The summed E-state index contributed by atoms with van der Waals surface area (Å²) in [5.41, 5.74) is 3.71. The lowest BCUT2D eigenvalue weighted by atomic mass is 9.99. The second-order valence-corrected chi connectivity index (χ2v) is 5.35. The first kappa shape index (κ1) is 9.66. The number of nitrogens with one attached hydrogen (secondary N) is 1. The third-order valence-corrected chi connectivity index (χ3v) is 2.73. The van der Waals surface area contributed by atoms with Crippen LogP contribution in [0.2, 0.25) is 0 Å². The molecule has 1 nitrogen and oxygen atoms in total. The van der Waals surface area contributed by atoms with Crippen molar-refractivity contribution in [2.24, 2.45) is 0 Å². The van der Waals surface area contributed by atoms with Crippen molar-refractivity contribution >= 4 is 23.5 Å². The highest BCUT2D eigenvalue weighted by Crippen LogP contribution is 2.35. The lowest BCUT2D eigenvalue weighted by Gasteiger charge is -2.18. The molecule has 2 heteroatoms. The minimum Gasteiger partial charge on any atom is -0.358 e. The van der Waals surface area contributed by atoms with Crippen LogP contribution in [0.4, 0.5) is 0 Å². The first-order valence-corrected chi connectivity index (χ1v) is 5.25. The summed E-state index contributed by atoms with van der Waals surface area (Å²) in [6.45, 7) is 6.35. The summed E-state index contributed by atoms with van der Waals surface area (Å²) < 4.78 is -0.0936. The maximum atomic E-state index is 4.64. The van der Waals surface area contributed by atoms with E-state index < -0.39 is 0 Å². The molecule has 0 radical (unpaired) electrons. The number of hydrogen-bond acceptors (Lipinski definition) is 1. The largest absolute Gasteiger partial charge is 0.358 e. The Bertz CT molecular complexity index is 463. The fraction of sp³-hybridized carbons (Fsp3) is 0.333. The zero-order valence-corrected chi connectivity index (χ0v) is 9.65. The number of benzene rings is 1. The molecule has 0 amide bonds. The number of rotatable bonds is 1. The smallest absolute Gasteiger partial charge is 0.0459 e. The van der Waals surface area contributed by atoms with Gasteiger partial charge in [-0.3, -0.25) is 0 Å². The van der Waals surface area contributed by atoms with E-state index in [1.165, 1.54) is 22.2 Å². The van der Waals surface area contributed by atoms with Crippen molar-refractivity contribution in [3.05, 3.63) is 35.5 Å². The minimum atomic E-state index is -0.0936. The molecule has 0 aliphatic rings. The highest BCUT2D eigenvalue weighted by Gasteiger charge is 2.21. The average molecular weight is 205 g/mol. The molecule has 0 unspecified atom stereocenters. The van der Waals surface area contributed by atoms with Gasteiger partial charge in [0.2, 0.25) is 0 Å². The summed E-state index contributed by atoms with van der Waals surface area (Å²) in [5, 5.41) is 1.28. The fourth-order valence-corrected chi connectivity index (χ4v) is 2.35. The van der Waals surface area contributed by atoms with E-state index in [2.05, 4.69) is 56.6 Å². The molecular formula is C12H15NS. The third-order valence-electron chi connectivity index (χ3n) is 2.51. The van der Waals surface area contributed by atoms with Gasteiger partial charge in [0.15, 0.2) is 0 Å². The summed E-state index contributed by atoms with van der Waals surface area (Å²) in [6, 6.07) is 8.36. The Morgan fingerprint density at radius 1 is 1.21 bits per heavy atom. The van der Waals surface area contributed by atoms with Crippen molar-refractivity contribution in [1.82, 2.24) is 4.98 Å². The molecule has 2 aromatic rings. The van der Waals surface area contributed by atoms with Crippen molar-refractivity contribution in [3.8, 4) is 0 Å². The molecule has 0 aliphatic heterocycles. The first-order valence-electron chi connectivity index (χ1n) is 4.80. The molecule has 0 saturated heterocycles. The number of fused-ring (bicyclic) bond motifs is 1. The van der Waals surface area contributed by atoms with E-state index in [0.717, 1.165) is 0 Å². The van der Waals surface area contributed by atoms with E-state index in [1.807, 2.05) is 6.07 Å². The van der Waals surface area contributed by atoms with Crippen LogP contribution in [0, 0.1) is 6.92 Å². The number of hydrogen-bond donors (Lipinski definition) is 2. The van der Waals surface area contributed by atoms with E-state index in [9.17, 15) is 0 Å². The Morgan fingerprint density at radius 3 is 2.50 bits per heavy atom.